The van der Waals surface area contributed by atoms with Crippen molar-refractivity contribution in [1.82, 2.24) is 4.98 Å². The minimum atomic E-state index is -0.0525. The third-order valence-electron chi connectivity index (χ3n) is 1.76. The van der Waals surface area contributed by atoms with Crippen molar-refractivity contribution in [2.75, 3.05) is 7.11 Å². The van der Waals surface area contributed by atoms with Crippen LogP contribution in [0.25, 0.3) is 0 Å². The van der Waals surface area contributed by atoms with Gasteiger partial charge in [-0.3, -0.25) is 9.78 Å². The van der Waals surface area contributed by atoms with Crippen LogP contribution in [0, 0.1) is 6.92 Å². The summed E-state index contributed by atoms with van der Waals surface area (Å²) >= 11 is 3.29. The second kappa shape index (κ2) is 3.87. The van der Waals surface area contributed by atoms with Crippen molar-refractivity contribution in [2.24, 2.45) is 0 Å². The first-order valence-corrected chi connectivity index (χ1v) is 4.57. The molecule has 0 radical (unpaired) electrons. The van der Waals surface area contributed by atoms with Crippen LogP contribution in [-0.2, 0) is 0 Å². The summed E-state index contributed by atoms with van der Waals surface area (Å²) in [6, 6.07) is 0. The fourth-order valence-corrected chi connectivity index (χ4v) is 1.73. The van der Waals surface area contributed by atoms with Crippen LogP contribution in [0.1, 0.15) is 23.0 Å². The average molecular weight is 244 g/mol. The molecule has 70 valence electrons. The largest absolute Gasteiger partial charge is 0.495 e. The summed E-state index contributed by atoms with van der Waals surface area (Å²) in [4.78, 5) is 15.1. The predicted molar refractivity (Wildman–Crippen MR) is 53.2 cm³/mol. The van der Waals surface area contributed by atoms with Gasteiger partial charge in [-0.1, -0.05) is 0 Å². The lowest BCUT2D eigenvalue weighted by molar-refractivity contribution is 0.101. The third-order valence-corrected chi connectivity index (χ3v) is 2.32. The molecule has 1 aromatic rings. The molecule has 1 rings (SSSR count). The number of carbonyl (C=O) groups excluding carboxylic acids is 1. The Morgan fingerprint density at radius 3 is 2.69 bits per heavy atom. The van der Waals surface area contributed by atoms with Gasteiger partial charge in [0.2, 0.25) is 0 Å². The summed E-state index contributed by atoms with van der Waals surface area (Å²) in [5.74, 6) is 0.614. The Balaban J connectivity index is 3.35. The standard InChI is InChI=1S/C9H10BrNO2/c1-5-8(6(2)12)11-4-7(10)9(5)13-3/h4H,1-3H3. The van der Waals surface area contributed by atoms with Crippen molar-refractivity contribution < 1.29 is 9.53 Å². The SMILES string of the molecule is COc1c(Br)cnc(C(C)=O)c1C. The van der Waals surface area contributed by atoms with Gasteiger partial charge in [0.25, 0.3) is 0 Å². The zero-order valence-electron chi connectivity index (χ0n) is 7.72. The van der Waals surface area contributed by atoms with Crippen LogP contribution >= 0.6 is 15.9 Å². The number of hydrogen-bond acceptors (Lipinski definition) is 3. The Labute approximate surface area is 85.3 Å². The van der Waals surface area contributed by atoms with E-state index in [1.165, 1.54) is 6.92 Å². The molecule has 0 aliphatic carbocycles. The van der Waals surface area contributed by atoms with E-state index in [9.17, 15) is 4.79 Å². The molecule has 0 fully saturated rings. The summed E-state index contributed by atoms with van der Waals surface area (Å²) in [6.45, 7) is 3.30. The van der Waals surface area contributed by atoms with Crippen LogP contribution in [0.5, 0.6) is 5.75 Å². The Morgan fingerprint density at radius 2 is 2.23 bits per heavy atom. The Kier molecular flexibility index (Phi) is 3.03. The average Bonchev–Trinajstić information content (AvgIpc) is 2.04. The summed E-state index contributed by atoms with van der Waals surface area (Å²) < 4.78 is 5.89. The highest BCUT2D eigenvalue weighted by molar-refractivity contribution is 9.10. The molecule has 13 heavy (non-hydrogen) atoms. The number of nitrogens with zero attached hydrogens (tertiary/aromatic N) is 1. The van der Waals surface area contributed by atoms with E-state index in [0.29, 0.717) is 11.4 Å². The smallest absolute Gasteiger partial charge is 0.178 e. The van der Waals surface area contributed by atoms with Gasteiger partial charge >= 0.3 is 0 Å². The third kappa shape index (κ3) is 1.88. The molecule has 1 aromatic heterocycles. The van der Waals surface area contributed by atoms with Crippen LogP contribution in [0.15, 0.2) is 10.7 Å². The predicted octanol–water partition coefficient (Wildman–Crippen LogP) is 2.36. The quantitative estimate of drug-likeness (QED) is 0.749. The van der Waals surface area contributed by atoms with Gasteiger partial charge < -0.3 is 4.74 Å². The number of aromatic nitrogens is 1. The second-order valence-corrected chi connectivity index (χ2v) is 3.52. The van der Waals surface area contributed by atoms with Gasteiger partial charge in [0.05, 0.1) is 11.6 Å². The number of carbonyl (C=O) groups is 1. The van der Waals surface area contributed by atoms with Crippen LogP contribution < -0.4 is 4.74 Å². The highest BCUT2D eigenvalue weighted by Gasteiger charge is 2.12. The summed E-state index contributed by atoms with van der Waals surface area (Å²) in [7, 11) is 1.57. The maximum atomic E-state index is 11.1. The lowest BCUT2D eigenvalue weighted by Crippen LogP contribution is -2.02. The molecule has 0 aliphatic heterocycles. The van der Waals surface area contributed by atoms with Crippen LogP contribution in [0.3, 0.4) is 0 Å². The van der Waals surface area contributed by atoms with Crippen molar-refractivity contribution in [1.29, 1.82) is 0 Å². The normalized spacial score (nSPS) is 9.85. The number of hydrogen-bond donors (Lipinski definition) is 0. The molecule has 0 spiro atoms. The van der Waals surface area contributed by atoms with E-state index in [0.717, 1.165) is 10.0 Å². The fraction of sp³-hybridized carbons (Fsp3) is 0.333. The first-order chi connectivity index (χ1) is 6.07. The topological polar surface area (TPSA) is 39.2 Å². The molecule has 0 saturated carbocycles. The van der Waals surface area contributed by atoms with Crippen molar-refractivity contribution >= 4 is 21.7 Å². The van der Waals surface area contributed by atoms with E-state index in [2.05, 4.69) is 20.9 Å². The summed E-state index contributed by atoms with van der Waals surface area (Å²) in [5, 5.41) is 0. The first-order valence-electron chi connectivity index (χ1n) is 3.78. The molecule has 0 N–H and O–H groups in total. The summed E-state index contributed by atoms with van der Waals surface area (Å²) in [5.41, 5.74) is 1.23. The number of methoxy groups -OCH3 is 1. The van der Waals surface area contributed by atoms with Crippen LogP contribution in [-0.4, -0.2) is 17.9 Å². The zero-order valence-corrected chi connectivity index (χ0v) is 9.31. The Morgan fingerprint density at radius 1 is 1.62 bits per heavy atom. The molecule has 3 nitrogen and oxygen atoms in total. The molecule has 0 aromatic carbocycles. The van der Waals surface area contributed by atoms with E-state index in [4.69, 9.17) is 4.74 Å². The monoisotopic (exact) mass is 243 g/mol. The van der Waals surface area contributed by atoms with E-state index in [1.54, 1.807) is 13.3 Å². The van der Waals surface area contributed by atoms with Gasteiger partial charge in [-0.05, 0) is 22.9 Å². The van der Waals surface area contributed by atoms with E-state index in [1.807, 2.05) is 6.92 Å². The molecule has 0 saturated heterocycles. The van der Waals surface area contributed by atoms with E-state index < -0.39 is 0 Å². The molecule has 0 amide bonds. The Bertz CT molecular complexity index is 350. The van der Waals surface area contributed by atoms with Crippen molar-refractivity contribution in [3.05, 3.63) is 21.9 Å². The first kappa shape index (κ1) is 10.2. The highest BCUT2D eigenvalue weighted by atomic mass is 79.9. The minimum absolute atomic E-state index is 0.0525. The molecule has 0 aliphatic rings. The molecular formula is C9H10BrNO2. The van der Waals surface area contributed by atoms with Crippen molar-refractivity contribution in [3.63, 3.8) is 0 Å². The van der Waals surface area contributed by atoms with Gasteiger partial charge in [-0.15, -0.1) is 0 Å². The van der Waals surface area contributed by atoms with Crippen molar-refractivity contribution in [3.8, 4) is 5.75 Å². The fourth-order valence-electron chi connectivity index (χ4n) is 1.17. The molecule has 0 unspecified atom stereocenters. The number of rotatable bonds is 2. The number of ketones is 1. The lowest BCUT2D eigenvalue weighted by Gasteiger charge is -2.08. The van der Waals surface area contributed by atoms with Gasteiger partial charge in [0, 0.05) is 18.7 Å². The van der Waals surface area contributed by atoms with Crippen LogP contribution in [0.2, 0.25) is 0 Å². The minimum Gasteiger partial charge on any atom is -0.495 e. The van der Waals surface area contributed by atoms with Gasteiger partial charge in [0.1, 0.15) is 11.4 Å². The summed E-state index contributed by atoms with van der Waals surface area (Å²) in [6.07, 6.45) is 1.57. The maximum absolute atomic E-state index is 11.1. The molecule has 4 heteroatoms. The number of ether oxygens (including phenoxy) is 1. The lowest BCUT2D eigenvalue weighted by atomic mass is 10.1. The molecule has 1 heterocycles. The second-order valence-electron chi connectivity index (χ2n) is 2.67. The van der Waals surface area contributed by atoms with Gasteiger partial charge in [0.15, 0.2) is 5.78 Å². The number of pyridine rings is 1. The molecule has 0 bridgehead atoms. The maximum Gasteiger partial charge on any atom is 0.178 e. The molecular weight excluding hydrogens is 234 g/mol. The number of Topliss-reactive ketones (excluding diaryl/α,β-unsaturated/α-hetero) is 1. The Hall–Kier alpha value is -0.900. The van der Waals surface area contributed by atoms with E-state index in [-0.39, 0.29) is 5.78 Å². The number of halogens is 1. The zero-order chi connectivity index (χ0) is 10.0. The van der Waals surface area contributed by atoms with E-state index >= 15 is 0 Å². The highest BCUT2D eigenvalue weighted by Crippen LogP contribution is 2.29. The van der Waals surface area contributed by atoms with Crippen LogP contribution in [0.4, 0.5) is 0 Å². The van der Waals surface area contributed by atoms with Gasteiger partial charge in [-0.25, -0.2) is 0 Å². The van der Waals surface area contributed by atoms with Crippen molar-refractivity contribution in [2.45, 2.75) is 13.8 Å². The molecule has 0 atom stereocenters. The van der Waals surface area contributed by atoms with Gasteiger partial charge in [-0.2, -0.15) is 0 Å².